The van der Waals surface area contributed by atoms with E-state index in [1.807, 2.05) is 13.8 Å². The molecule has 3 aromatic carbocycles. The second-order valence-electron chi connectivity index (χ2n) is 11.3. The summed E-state index contributed by atoms with van der Waals surface area (Å²) < 4.78 is 91.8. The van der Waals surface area contributed by atoms with Crippen LogP contribution in [0.25, 0.3) is 0 Å². The first-order valence-corrected chi connectivity index (χ1v) is 14.4. The minimum Gasteiger partial charge on any atom is -0.491 e. The lowest BCUT2D eigenvalue weighted by Gasteiger charge is -2.33. The van der Waals surface area contributed by atoms with Crippen molar-refractivity contribution < 1.29 is 50.5 Å². The summed E-state index contributed by atoms with van der Waals surface area (Å²) in [6, 6.07) is 14.8. The first kappa shape index (κ1) is 36.2. The van der Waals surface area contributed by atoms with E-state index >= 15 is 0 Å². The summed E-state index contributed by atoms with van der Waals surface area (Å²) in [6.07, 6.45) is -10.9. The second kappa shape index (κ2) is 14.0. The third-order valence-corrected chi connectivity index (χ3v) is 7.16. The summed E-state index contributed by atoms with van der Waals surface area (Å²) >= 11 is 0. The van der Waals surface area contributed by atoms with Gasteiger partial charge in [0.05, 0.1) is 6.10 Å². The maximum atomic E-state index is 13.4. The van der Waals surface area contributed by atoms with Crippen molar-refractivity contribution in [3.8, 4) is 17.2 Å². The number of rotatable bonds is 12. The van der Waals surface area contributed by atoms with E-state index in [0.29, 0.717) is 41.7 Å². The van der Waals surface area contributed by atoms with Gasteiger partial charge in [-0.05, 0) is 80.3 Å². The Balaban J connectivity index is 1.73. The first-order valence-electron chi connectivity index (χ1n) is 14.4. The highest BCUT2D eigenvalue weighted by atomic mass is 19.4. The van der Waals surface area contributed by atoms with Crippen LogP contribution in [-0.2, 0) is 28.9 Å². The number of hydrogen-bond acceptors (Lipinski definition) is 5. The number of urea groups is 1. The Morgan fingerprint density at radius 2 is 1.46 bits per heavy atom. The van der Waals surface area contributed by atoms with Crippen LogP contribution in [0.5, 0.6) is 17.2 Å². The average Bonchev–Trinajstić information content (AvgIpc) is 2.97. The lowest BCUT2D eigenvalue weighted by Crippen LogP contribution is -2.53. The number of nitrogens with zero attached hydrogens (tertiary/aromatic N) is 1. The zero-order chi connectivity index (χ0) is 34.5. The fourth-order valence-corrected chi connectivity index (χ4v) is 4.63. The molecule has 46 heavy (non-hydrogen) atoms. The van der Waals surface area contributed by atoms with Crippen LogP contribution in [0.1, 0.15) is 56.4 Å². The van der Waals surface area contributed by atoms with Crippen LogP contribution in [0.15, 0.2) is 66.7 Å². The van der Waals surface area contributed by atoms with Gasteiger partial charge in [-0.2, -0.15) is 26.3 Å². The molecular weight excluding hydrogens is 618 g/mol. The largest absolute Gasteiger partial charge is 0.491 e. The summed E-state index contributed by atoms with van der Waals surface area (Å²) in [5.74, 6) is 0.886. The zero-order valence-corrected chi connectivity index (χ0v) is 25.9. The highest BCUT2D eigenvalue weighted by Gasteiger charge is 2.71. The summed E-state index contributed by atoms with van der Waals surface area (Å²) in [4.78, 5) is 26.4. The van der Waals surface area contributed by atoms with Crippen molar-refractivity contribution in [3.63, 3.8) is 0 Å². The summed E-state index contributed by atoms with van der Waals surface area (Å²) in [5.41, 5.74) is -6.45. The molecule has 0 radical (unpaired) electrons. The minimum absolute atomic E-state index is 0.0264. The molecule has 0 bridgehead atoms. The number of carbonyl (C=O) groups excluding carboxylic acids is 2. The first-order chi connectivity index (χ1) is 21.3. The monoisotopic (exact) mass is 654 g/mol. The van der Waals surface area contributed by atoms with Crippen LogP contribution in [0.4, 0.5) is 31.1 Å². The molecule has 0 aromatic heterocycles. The van der Waals surface area contributed by atoms with Gasteiger partial charge in [0, 0.05) is 19.2 Å². The van der Waals surface area contributed by atoms with Crippen LogP contribution >= 0.6 is 0 Å². The van der Waals surface area contributed by atoms with Gasteiger partial charge < -0.3 is 29.6 Å². The van der Waals surface area contributed by atoms with Crippen LogP contribution in [-0.4, -0.2) is 47.8 Å². The SMILES string of the molecule is CCCc1cc(C(O)(C(F)(F)F)C(F)(F)F)ccc1Oc1ccc(CN(C)C(=O)NC(C)(C=O)c2ccc(OC(C)C)cc2)cc1. The third-order valence-electron chi connectivity index (χ3n) is 7.16. The van der Waals surface area contributed by atoms with Gasteiger partial charge in [-0.25, -0.2) is 4.79 Å². The highest BCUT2D eigenvalue weighted by Crippen LogP contribution is 2.50. The number of halogens is 6. The smallest absolute Gasteiger partial charge is 0.430 e. The molecule has 2 N–H and O–H groups in total. The average molecular weight is 655 g/mol. The fourth-order valence-electron chi connectivity index (χ4n) is 4.63. The molecule has 0 spiro atoms. The number of nitrogens with one attached hydrogen (secondary N) is 1. The van der Waals surface area contributed by atoms with E-state index in [9.17, 15) is 41.0 Å². The lowest BCUT2D eigenvalue weighted by atomic mass is 9.90. The Kier molecular flexibility index (Phi) is 11.0. The normalized spacial score (nSPS) is 13.6. The number of aliphatic hydroxyl groups is 1. The molecule has 2 amide bonds. The van der Waals surface area contributed by atoms with Gasteiger partial charge in [-0.1, -0.05) is 43.7 Å². The Labute approximate surface area is 263 Å². The van der Waals surface area contributed by atoms with E-state index in [-0.39, 0.29) is 36.1 Å². The number of aryl methyl sites for hydroxylation is 1. The van der Waals surface area contributed by atoms with E-state index in [1.165, 1.54) is 24.1 Å². The summed E-state index contributed by atoms with van der Waals surface area (Å²) in [5, 5.41) is 12.5. The molecule has 7 nitrogen and oxygen atoms in total. The number of carbonyl (C=O) groups is 2. The van der Waals surface area contributed by atoms with Gasteiger partial charge in [0.25, 0.3) is 5.60 Å². The standard InChI is InChI=1S/C33H36F6N2O5/c1-6-7-23-18-25(31(44,32(34,35)36)33(37,38)39)12-17-28(23)46-27-13-8-22(9-14-27)19-41(5)29(43)40-30(4,20-42)24-10-15-26(16-11-24)45-21(2)3/h8-18,20-21,44H,6-7,19H2,1-5H3,(H,40,43). The number of alkyl halides is 6. The number of aldehydes is 1. The number of hydrogen-bond donors (Lipinski definition) is 2. The predicted octanol–water partition coefficient (Wildman–Crippen LogP) is 7.79. The Morgan fingerprint density at radius 1 is 0.913 bits per heavy atom. The Hall–Kier alpha value is -4.26. The number of benzene rings is 3. The Morgan fingerprint density at radius 3 is 1.96 bits per heavy atom. The molecule has 0 aliphatic carbocycles. The van der Waals surface area contributed by atoms with Gasteiger partial charge in [-0.15, -0.1) is 0 Å². The molecule has 0 aliphatic rings. The van der Waals surface area contributed by atoms with Gasteiger partial charge >= 0.3 is 18.4 Å². The van der Waals surface area contributed by atoms with Gasteiger partial charge in [-0.3, -0.25) is 0 Å². The van der Waals surface area contributed by atoms with Crippen molar-refractivity contribution in [1.29, 1.82) is 0 Å². The Bertz CT molecular complexity index is 1480. The van der Waals surface area contributed by atoms with E-state index in [4.69, 9.17) is 9.47 Å². The van der Waals surface area contributed by atoms with Crippen LogP contribution in [0.2, 0.25) is 0 Å². The molecule has 0 aliphatic heterocycles. The van der Waals surface area contributed by atoms with Gasteiger partial charge in [0.2, 0.25) is 0 Å². The fraction of sp³-hybridized carbons (Fsp3) is 0.394. The van der Waals surface area contributed by atoms with Crippen molar-refractivity contribution in [2.75, 3.05) is 7.05 Å². The molecule has 3 rings (SSSR count). The molecule has 0 fully saturated rings. The highest BCUT2D eigenvalue weighted by molar-refractivity contribution is 5.81. The van der Waals surface area contributed by atoms with Crippen molar-refractivity contribution >= 4 is 12.3 Å². The van der Waals surface area contributed by atoms with E-state index in [0.717, 1.165) is 6.07 Å². The topological polar surface area (TPSA) is 88.1 Å². The van der Waals surface area contributed by atoms with E-state index < -0.39 is 35.1 Å². The molecule has 13 heteroatoms. The van der Waals surface area contributed by atoms with Gasteiger partial charge in [0.1, 0.15) is 29.1 Å². The van der Waals surface area contributed by atoms with E-state index in [1.54, 1.807) is 50.2 Å². The molecule has 0 saturated carbocycles. The maximum Gasteiger partial charge on any atom is 0.430 e. The lowest BCUT2D eigenvalue weighted by molar-refractivity contribution is -0.376. The molecular formula is C33H36F6N2O5. The second-order valence-corrected chi connectivity index (χ2v) is 11.3. The number of ether oxygens (including phenoxy) is 2. The predicted molar refractivity (Wildman–Crippen MR) is 159 cm³/mol. The van der Waals surface area contributed by atoms with Gasteiger partial charge in [0.15, 0.2) is 0 Å². The summed E-state index contributed by atoms with van der Waals surface area (Å²) in [7, 11) is 1.53. The zero-order valence-electron chi connectivity index (χ0n) is 25.9. The quantitative estimate of drug-likeness (QED) is 0.154. The van der Waals surface area contributed by atoms with Crippen molar-refractivity contribution in [1.82, 2.24) is 10.2 Å². The molecule has 0 saturated heterocycles. The van der Waals surface area contributed by atoms with Crippen molar-refractivity contribution in [2.45, 2.75) is 76.7 Å². The minimum atomic E-state index is -6.00. The molecule has 250 valence electrons. The third kappa shape index (κ3) is 8.11. The van der Waals surface area contributed by atoms with Crippen LogP contribution in [0.3, 0.4) is 0 Å². The summed E-state index contributed by atoms with van der Waals surface area (Å²) in [6.45, 7) is 7.16. The molecule has 1 unspecified atom stereocenters. The molecule has 3 aromatic rings. The molecule has 0 heterocycles. The number of amides is 2. The van der Waals surface area contributed by atoms with Crippen LogP contribution in [0, 0.1) is 0 Å². The van der Waals surface area contributed by atoms with Crippen molar-refractivity contribution in [2.24, 2.45) is 0 Å². The van der Waals surface area contributed by atoms with Crippen LogP contribution < -0.4 is 14.8 Å². The maximum absolute atomic E-state index is 13.4. The van der Waals surface area contributed by atoms with Crippen molar-refractivity contribution in [3.05, 3.63) is 89.0 Å². The van der Waals surface area contributed by atoms with E-state index in [2.05, 4.69) is 5.32 Å². The molecule has 1 atom stereocenters.